The van der Waals surface area contributed by atoms with E-state index in [1.165, 1.54) is 17.3 Å². The topological polar surface area (TPSA) is 91.8 Å². The summed E-state index contributed by atoms with van der Waals surface area (Å²) in [5.41, 5.74) is -0.929. The minimum atomic E-state index is -4.63. The van der Waals surface area contributed by atoms with Gasteiger partial charge in [-0.05, 0) is 6.92 Å². The Bertz CT molecular complexity index is 915. The van der Waals surface area contributed by atoms with Crippen LogP contribution in [-0.2, 0) is 6.18 Å². The van der Waals surface area contributed by atoms with Crippen LogP contribution in [0, 0.1) is 0 Å². The van der Waals surface area contributed by atoms with Gasteiger partial charge in [0.25, 0.3) is 5.91 Å². The highest BCUT2D eigenvalue weighted by atomic mass is 32.1. The molecule has 152 valence electrons. The maximum Gasteiger partial charge on any atom is 0.418 e. The molecule has 3 heterocycles. The van der Waals surface area contributed by atoms with E-state index in [0.717, 1.165) is 17.4 Å². The molecule has 28 heavy (non-hydrogen) atoms. The number of hydrogen-bond acceptors (Lipinski definition) is 5. The number of pyridine rings is 1. The van der Waals surface area contributed by atoms with E-state index in [4.69, 9.17) is 9.84 Å². The molecule has 7 nitrogen and oxygen atoms in total. The molecular formula is C17H18F3N3O4S. The first kappa shape index (κ1) is 20.2. The second-order valence-electron chi connectivity index (χ2n) is 6.50. The van der Waals surface area contributed by atoms with Crippen molar-refractivity contribution in [2.45, 2.75) is 38.1 Å². The van der Waals surface area contributed by atoms with Gasteiger partial charge < -0.3 is 20.1 Å². The van der Waals surface area contributed by atoms with Gasteiger partial charge in [0.2, 0.25) is 5.88 Å². The average Bonchev–Trinajstić information content (AvgIpc) is 3.03. The van der Waals surface area contributed by atoms with Crippen molar-refractivity contribution in [1.82, 2.24) is 15.2 Å². The molecule has 0 spiro atoms. The van der Waals surface area contributed by atoms with E-state index >= 15 is 0 Å². The molecule has 2 atom stereocenters. The van der Waals surface area contributed by atoms with E-state index in [2.05, 4.69) is 10.3 Å². The van der Waals surface area contributed by atoms with E-state index in [-0.39, 0.29) is 34.2 Å². The largest absolute Gasteiger partial charge is 0.474 e. The van der Waals surface area contributed by atoms with E-state index in [9.17, 15) is 22.8 Å². The van der Waals surface area contributed by atoms with Gasteiger partial charge >= 0.3 is 12.3 Å². The number of piperidine rings is 1. The molecule has 3 rings (SSSR count). The zero-order chi connectivity index (χ0) is 20.6. The molecule has 1 fully saturated rings. The normalized spacial score (nSPS) is 20.2. The maximum absolute atomic E-state index is 13.5. The molecule has 1 saturated heterocycles. The number of halogens is 3. The summed E-state index contributed by atoms with van der Waals surface area (Å²) in [6.45, 7) is 1.93. The molecular weight excluding hydrogens is 399 g/mol. The molecule has 0 aromatic carbocycles. The van der Waals surface area contributed by atoms with Crippen LogP contribution < -0.4 is 10.1 Å². The SMILES string of the molecule is CNC(=O)c1csc2c(C(F)(F)F)cc(OC3CCN(C(=O)O)C(C)C3)nc12. The van der Waals surface area contributed by atoms with Gasteiger partial charge in [0, 0.05) is 43.9 Å². The van der Waals surface area contributed by atoms with Crippen LogP contribution in [0.5, 0.6) is 5.88 Å². The van der Waals surface area contributed by atoms with Crippen LogP contribution in [0.2, 0.25) is 0 Å². The fraction of sp³-hybridized carbons (Fsp3) is 0.471. The molecule has 0 radical (unpaired) electrons. The highest BCUT2D eigenvalue weighted by molar-refractivity contribution is 7.17. The number of carboxylic acid groups (broad SMARTS) is 1. The number of amides is 2. The van der Waals surface area contributed by atoms with Crippen LogP contribution in [-0.4, -0.2) is 52.7 Å². The van der Waals surface area contributed by atoms with E-state index in [1.54, 1.807) is 6.92 Å². The standard InChI is InChI=1S/C17H18F3N3O4S/c1-8-5-9(3-4-23(8)16(25)26)27-12-6-11(17(18,19)20)14-13(22-12)10(7-28-14)15(24)21-2/h6-9H,3-5H2,1-2H3,(H,21,24)(H,25,26). The van der Waals surface area contributed by atoms with Gasteiger partial charge in [0.05, 0.1) is 21.3 Å². The summed E-state index contributed by atoms with van der Waals surface area (Å²) in [6, 6.07) is 0.505. The molecule has 2 aromatic rings. The first-order valence-electron chi connectivity index (χ1n) is 8.49. The highest BCUT2D eigenvalue weighted by Crippen LogP contribution is 2.40. The highest BCUT2D eigenvalue weighted by Gasteiger charge is 2.36. The summed E-state index contributed by atoms with van der Waals surface area (Å²) in [7, 11) is 1.38. The first-order chi connectivity index (χ1) is 13.1. The Balaban J connectivity index is 1.95. The van der Waals surface area contributed by atoms with Gasteiger partial charge in [0.15, 0.2) is 0 Å². The average molecular weight is 417 g/mol. The summed E-state index contributed by atoms with van der Waals surface area (Å²) in [5, 5.41) is 12.8. The fourth-order valence-electron chi connectivity index (χ4n) is 3.24. The molecule has 0 bridgehead atoms. The van der Waals surface area contributed by atoms with Crippen molar-refractivity contribution in [2.75, 3.05) is 13.6 Å². The van der Waals surface area contributed by atoms with E-state index in [0.29, 0.717) is 12.8 Å². The van der Waals surface area contributed by atoms with Gasteiger partial charge in [-0.25, -0.2) is 9.78 Å². The van der Waals surface area contributed by atoms with Crippen molar-refractivity contribution in [3.05, 3.63) is 22.6 Å². The van der Waals surface area contributed by atoms with Crippen molar-refractivity contribution in [3.63, 3.8) is 0 Å². The van der Waals surface area contributed by atoms with Gasteiger partial charge in [-0.2, -0.15) is 13.2 Å². The lowest BCUT2D eigenvalue weighted by atomic mass is 10.0. The van der Waals surface area contributed by atoms with Crippen molar-refractivity contribution >= 4 is 33.6 Å². The minimum Gasteiger partial charge on any atom is -0.474 e. The Morgan fingerprint density at radius 1 is 1.43 bits per heavy atom. The lowest BCUT2D eigenvalue weighted by Crippen LogP contribution is -2.46. The number of rotatable bonds is 3. The number of alkyl halides is 3. The smallest absolute Gasteiger partial charge is 0.418 e. The third kappa shape index (κ3) is 3.84. The number of aromatic nitrogens is 1. The number of fused-ring (bicyclic) bond motifs is 1. The number of carbonyl (C=O) groups excluding carboxylic acids is 1. The van der Waals surface area contributed by atoms with Crippen LogP contribution in [0.4, 0.5) is 18.0 Å². The Labute approximate surface area is 162 Å². The lowest BCUT2D eigenvalue weighted by molar-refractivity contribution is -0.136. The molecule has 2 N–H and O–H groups in total. The second kappa shape index (κ2) is 7.46. The van der Waals surface area contributed by atoms with Crippen LogP contribution in [0.15, 0.2) is 11.4 Å². The number of carbonyl (C=O) groups is 2. The predicted octanol–water partition coefficient (Wildman–Crippen LogP) is 3.58. The van der Waals surface area contributed by atoms with Crippen molar-refractivity contribution in [2.24, 2.45) is 0 Å². The number of nitrogens with zero attached hydrogens (tertiary/aromatic N) is 2. The van der Waals surface area contributed by atoms with Crippen molar-refractivity contribution < 1.29 is 32.6 Å². The van der Waals surface area contributed by atoms with Crippen LogP contribution in [0.25, 0.3) is 10.2 Å². The molecule has 0 saturated carbocycles. The van der Waals surface area contributed by atoms with Crippen molar-refractivity contribution in [3.8, 4) is 5.88 Å². The number of ether oxygens (including phenoxy) is 1. The lowest BCUT2D eigenvalue weighted by Gasteiger charge is -2.35. The van der Waals surface area contributed by atoms with Gasteiger partial charge in [-0.3, -0.25) is 4.79 Å². The number of hydrogen-bond donors (Lipinski definition) is 2. The Morgan fingerprint density at radius 3 is 2.71 bits per heavy atom. The van der Waals surface area contributed by atoms with E-state index < -0.39 is 29.8 Å². The second-order valence-corrected chi connectivity index (χ2v) is 7.38. The number of nitrogens with one attached hydrogen (secondary N) is 1. The number of thiophene rings is 1. The zero-order valence-corrected chi connectivity index (χ0v) is 15.9. The molecule has 2 amide bonds. The van der Waals surface area contributed by atoms with Crippen LogP contribution in [0.1, 0.15) is 35.7 Å². The van der Waals surface area contributed by atoms with E-state index in [1.807, 2.05) is 0 Å². The molecule has 0 aliphatic carbocycles. The maximum atomic E-state index is 13.5. The minimum absolute atomic E-state index is 0.0486. The summed E-state index contributed by atoms with van der Waals surface area (Å²) >= 11 is 0.799. The summed E-state index contributed by atoms with van der Waals surface area (Å²) in [6.07, 6.45) is -5.48. The third-order valence-corrected chi connectivity index (χ3v) is 5.64. The van der Waals surface area contributed by atoms with Gasteiger partial charge in [-0.1, -0.05) is 0 Å². The Kier molecular flexibility index (Phi) is 5.37. The third-order valence-electron chi connectivity index (χ3n) is 4.64. The van der Waals surface area contributed by atoms with Gasteiger partial charge in [-0.15, -0.1) is 11.3 Å². The Morgan fingerprint density at radius 2 is 2.14 bits per heavy atom. The number of likely N-dealkylation sites (tertiary alicyclic amines) is 1. The van der Waals surface area contributed by atoms with Crippen LogP contribution >= 0.6 is 11.3 Å². The Hall–Kier alpha value is -2.56. The molecule has 11 heteroatoms. The quantitative estimate of drug-likeness (QED) is 0.797. The molecule has 1 aliphatic heterocycles. The monoisotopic (exact) mass is 417 g/mol. The first-order valence-corrected chi connectivity index (χ1v) is 9.37. The molecule has 1 aliphatic rings. The van der Waals surface area contributed by atoms with Crippen LogP contribution in [0.3, 0.4) is 0 Å². The van der Waals surface area contributed by atoms with Gasteiger partial charge in [0.1, 0.15) is 6.10 Å². The molecule has 2 unspecified atom stereocenters. The van der Waals surface area contributed by atoms with Crippen molar-refractivity contribution in [1.29, 1.82) is 0 Å². The zero-order valence-electron chi connectivity index (χ0n) is 15.0. The summed E-state index contributed by atoms with van der Waals surface area (Å²) in [4.78, 5) is 28.5. The summed E-state index contributed by atoms with van der Waals surface area (Å²) in [5.74, 6) is -0.767. The molecule has 2 aromatic heterocycles. The summed E-state index contributed by atoms with van der Waals surface area (Å²) < 4.78 is 46.1. The fourth-order valence-corrected chi connectivity index (χ4v) is 4.27. The predicted molar refractivity (Wildman–Crippen MR) is 95.9 cm³/mol.